The zero-order valence-corrected chi connectivity index (χ0v) is 11.9. The number of aromatic hydroxyl groups is 1. The number of halogens is 2. The smallest absolute Gasteiger partial charge is 0.158 e. The van der Waals surface area contributed by atoms with Crippen LogP contribution in [-0.2, 0) is 4.84 Å². The summed E-state index contributed by atoms with van der Waals surface area (Å²) in [6.45, 7) is 0. The highest BCUT2D eigenvalue weighted by molar-refractivity contribution is 6.36. The van der Waals surface area contributed by atoms with Crippen molar-refractivity contribution in [2.24, 2.45) is 5.16 Å². The third-order valence-electron chi connectivity index (χ3n) is 3.18. The van der Waals surface area contributed by atoms with Gasteiger partial charge < -0.3 is 9.94 Å². The summed E-state index contributed by atoms with van der Waals surface area (Å²) in [4.78, 5) is 5.43. The lowest BCUT2D eigenvalue weighted by atomic mass is 10.00. The molecule has 2 aromatic rings. The molecule has 0 saturated heterocycles. The molecule has 0 radical (unpaired) electrons. The largest absolute Gasteiger partial charge is 0.506 e. The van der Waals surface area contributed by atoms with Crippen molar-refractivity contribution in [3.8, 4) is 5.75 Å². The molecule has 0 aromatic heterocycles. The Bertz CT molecular complexity index is 671. The van der Waals surface area contributed by atoms with Gasteiger partial charge in [0, 0.05) is 17.0 Å². The third kappa shape index (κ3) is 2.47. The minimum atomic E-state index is -0.150. The van der Waals surface area contributed by atoms with E-state index in [1.807, 2.05) is 30.3 Å². The first kappa shape index (κ1) is 13.3. The summed E-state index contributed by atoms with van der Waals surface area (Å²) in [5, 5.41) is 14.7. The fraction of sp³-hybridized carbons (Fsp3) is 0.133. The molecule has 1 unspecified atom stereocenters. The van der Waals surface area contributed by atoms with Crippen LogP contribution in [-0.4, -0.2) is 10.8 Å². The van der Waals surface area contributed by atoms with Crippen LogP contribution in [0.1, 0.15) is 23.7 Å². The first-order chi connectivity index (χ1) is 9.65. The molecular weight excluding hydrogens is 297 g/mol. The standard InChI is InChI=1S/C15H11Cl2NO2/c16-10-6-11(15(19)12(17)7-10)13-8-14(20-18-13)9-4-2-1-3-5-9/h1-7,14,19H,8H2. The van der Waals surface area contributed by atoms with E-state index in [1.54, 1.807) is 6.07 Å². The van der Waals surface area contributed by atoms with E-state index in [0.717, 1.165) is 5.56 Å². The lowest BCUT2D eigenvalue weighted by Gasteiger charge is -2.08. The minimum absolute atomic E-state index is 0.0212. The molecule has 1 atom stereocenters. The number of oxime groups is 1. The van der Waals surface area contributed by atoms with Crippen molar-refractivity contribution in [3.63, 3.8) is 0 Å². The Hall–Kier alpha value is -1.71. The molecule has 20 heavy (non-hydrogen) atoms. The SMILES string of the molecule is Oc1c(Cl)cc(Cl)cc1C1=NOC(c2ccccc2)C1. The first-order valence-corrected chi connectivity index (χ1v) is 6.87. The molecule has 5 heteroatoms. The summed E-state index contributed by atoms with van der Waals surface area (Å²) >= 11 is 11.9. The average molecular weight is 308 g/mol. The number of rotatable bonds is 2. The van der Waals surface area contributed by atoms with Crippen LogP contribution in [0.3, 0.4) is 0 Å². The van der Waals surface area contributed by atoms with Gasteiger partial charge in [-0.2, -0.15) is 0 Å². The van der Waals surface area contributed by atoms with Crippen LogP contribution in [0.25, 0.3) is 0 Å². The van der Waals surface area contributed by atoms with E-state index in [4.69, 9.17) is 28.0 Å². The van der Waals surface area contributed by atoms with Crippen molar-refractivity contribution in [3.05, 3.63) is 63.6 Å². The van der Waals surface area contributed by atoms with Gasteiger partial charge in [0.15, 0.2) is 6.10 Å². The van der Waals surface area contributed by atoms with Crippen LogP contribution in [0.4, 0.5) is 0 Å². The number of benzene rings is 2. The van der Waals surface area contributed by atoms with E-state index in [-0.39, 0.29) is 16.9 Å². The van der Waals surface area contributed by atoms with Gasteiger partial charge in [-0.3, -0.25) is 0 Å². The number of nitrogens with zero attached hydrogens (tertiary/aromatic N) is 1. The van der Waals surface area contributed by atoms with Crippen LogP contribution in [0.5, 0.6) is 5.75 Å². The Balaban J connectivity index is 1.88. The highest BCUT2D eigenvalue weighted by Gasteiger charge is 2.26. The molecule has 0 spiro atoms. The summed E-state index contributed by atoms with van der Waals surface area (Å²) in [6, 6.07) is 12.9. The first-order valence-electron chi connectivity index (χ1n) is 6.11. The molecule has 0 saturated carbocycles. The monoisotopic (exact) mass is 307 g/mol. The van der Waals surface area contributed by atoms with Crippen molar-refractivity contribution < 1.29 is 9.94 Å². The van der Waals surface area contributed by atoms with Crippen LogP contribution in [0, 0.1) is 0 Å². The zero-order valence-electron chi connectivity index (χ0n) is 10.4. The Morgan fingerprint density at radius 2 is 1.90 bits per heavy atom. The minimum Gasteiger partial charge on any atom is -0.506 e. The summed E-state index contributed by atoms with van der Waals surface area (Å²) in [5.41, 5.74) is 2.19. The topological polar surface area (TPSA) is 41.8 Å². The second-order valence-electron chi connectivity index (χ2n) is 4.53. The molecule has 0 fully saturated rings. The molecule has 2 aromatic carbocycles. The van der Waals surface area contributed by atoms with Crippen LogP contribution in [0.2, 0.25) is 10.0 Å². The van der Waals surface area contributed by atoms with Gasteiger partial charge in [-0.1, -0.05) is 58.7 Å². The molecule has 1 N–H and O–H groups in total. The fourth-order valence-electron chi connectivity index (χ4n) is 2.17. The van der Waals surface area contributed by atoms with E-state index in [1.165, 1.54) is 6.07 Å². The van der Waals surface area contributed by atoms with Crippen LogP contribution in [0.15, 0.2) is 47.6 Å². The van der Waals surface area contributed by atoms with E-state index in [0.29, 0.717) is 22.7 Å². The Morgan fingerprint density at radius 1 is 1.15 bits per heavy atom. The normalized spacial score (nSPS) is 17.7. The van der Waals surface area contributed by atoms with Crippen molar-refractivity contribution in [2.75, 3.05) is 0 Å². The Morgan fingerprint density at radius 3 is 2.65 bits per heavy atom. The molecule has 0 aliphatic carbocycles. The Kier molecular flexibility index (Phi) is 3.55. The van der Waals surface area contributed by atoms with E-state index in [2.05, 4.69) is 5.16 Å². The fourth-order valence-corrected chi connectivity index (χ4v) is 2.66. The average Bonchev–Trinajstić information content (AvgIpc) is 2.93. The van der Waals surface area contributed by atoms with Crippen molar-refractivity contribution in [1.82, 2.24) is 0 Å². The molecular formula is C15H11Cl2NO2. The van der Waals surface area contributed by atoms with Gasteiger partial charge in [0.1, 0.15) is 5.75 Å². The van der Waals surface area contributed by atoms with Crippen molar-refractivity contribution >= 4 is 28.9 Å². The molecule has 1 aliphatic rings. The van der Waals surface area contributed by atoms with Gasteiger partial charge in [0.25, 0.3) is 0 Å². The second kappa shape index (κ2) is 5.35. The maximum atomic E-state index is 10.0. The summed E-state index contributed by atoms with van der Waals surface area (Å²) in [5.74, 6) is -0.0212. The molecule has 102 valence electrons. The quantitative estimate of drug-likeness (QED) is 0.883. The highest BCUT2D eigenvalue weighted by atomic mass is 35.5. The molecule has 1 aliphatic heterocycles. The molecule has 3 rings (SSSR count). The second-order valence-corrected chi connectivity index (χ2v) is 5.37. The van der Waals surface area contributed by atoms with Gasteiger partial charge in [0.2, 0.25) is 0 Å². The van der Waals surface area contributed by atoms with Gasteiger partial charge in [-0.25, -0.2) is 0 Å². The molecule has 0 bridgehead atoms. The van der Waals surface area contributed by atoms with Gasteiger partial charge in [-0.05, 0) is 17.7 Å². The number of hydrogen-bond acceptors (Lipinski definition) is 3. The van der Waals surface area contributed by atoms with Gasteiger partial charge >= 0.3 is 0 Å². The van der Waals surface area contributed by atoms with Crippen LogP contribution < -0.4 is 0 Å². The number of phenolic OH excluding ortho intramolecular Hbond substituents is 1. The Labute approximate surface area is 126 Å². The van der Waals surface area contributed by atoms with E-state index in [9.17, 15) is 5.11 Å². The predicted octanol–water partition coefficient (Wildman–Crippen LogP) is 4.56. The predicted molar refractivity (Wildman–Crippen MR) is 79.5 cm³/mol. The summed E-state index contributed by atoms with van der Waals surface area (Å²) in [7, 11) is 0. The lowest BCUT2D eigenvalue weighted by molar-refractivity contribution is 0.0857. The molecule has 0 amide bonds. The van der Waals surface area contributed by atoms with Crippen molar-refractivity contribution in [2.45, 2.75) is 12.5 Å². The third-order valence-corrected chi connectivity index (χ3v) is 3.69. The van der Waals surface area contributed by atoms with Gasteiger partial charge in [0.05, 0.1) is 10.7 Å². The maximum absolute atomic E-state index is 10.0. The zero-order chi connectivity index (χ0) is 14.1. The summed E-state index contributed by atoms with van der Waals surface area (Å²) < 4.78 is 0. The van der Waals surface area contributed by atoms with Gasteiger partial charge in [-0.15, -0.1) is 0 Å². The maximum Gasteiger partial charge on any atom is 0.158 e. The summed E-state index contributed by atoms with van der Waals surface area (Å²) in [6.07, 6.45) is 0.414. The number of phenols is 1. The lowest BCUT2D eigenvalue weighted by Crippen LogP contribution is -2.02. The molecule has 3 nitrogen and oxygen atoms in total. The highest BCUT2D eigenvalue weighted by Crippen LogP contribution is 2.36. The van der Waals surface area contributed by atoms with Crippen molar-refractivity contribution in [1.29, 1.82) is 0 Å². The van der Waals surface area contributed by atoms with E-state index >= 15 is 0 Å². The van der Waals surface area contributed by atoms with Crippen LogP contribution >= 0.6 is 23.2 Å². The number of hydrogen-bond donors (Lipinski definition) is 1. The van der Waals surface area contributed by atoms with E-state index < -0.39 is 0 Å². The molecule has 1 heterocycles.